The molecule has 0 aliphatic rings. The van der Waals surface area contributed by atoms with Gasteiger partial charge >= 0.3 is 12.6 Å². The van der Waals surface area contributed by atoms with Gasteiger partial charge in [0, 0.05) is 18.6 Å². The fraction of sp³-hybridized carbons (Fsp3) is 0.533. The van der Waals surface area contributed by atoms with Crippen molar-refractivity contribution in [1.29, 1.82) is 0 Å². The van der Waals surface area contributed by atoms with Crippen LogP contribution < -0.4 is 4.74 Å². The van der Waals surface area contributed by atoms with E-state index in [9.17, 15) is 13.6 Å². The topological polar surface area (TPSA) is 49.8 Å². The summed E-state index contributed by atoms with van der Waals surface area (Å²) < 4.78 is 28.5. The van der Waals surface area contributed by atoms with Crippen LogP contribution in [0.4, 0.5) is 8.78 Å². The molecule has 1 N–H and O–H groups in total. The van der Waals surface area contributed by atoms with Crippen molar-refractivity contribution in [3.8, 4) is 5.75 Å². The smallest absolute Gasteiger partial charge is 0.387 e. The summed E-state index contributed by atoms with van der Waals surface area (Å²) in [5.74, 6) is -0.730. The molecule has 0 saturated heterocycles. The van der Waals surface area contributed by atoms with Gasteiger partial charge in [-0.15, -0.1) is 0 Å². The van der Waals surface area contributed by atoms with Gasteiger partial charge < -0.3 is 9.84 Å². The van der Waals surface area contributed by atoms with E-state index in [-0.39, 0.29) is 17.7 Å². The van der Waals surface area contributed by atoms with Gasteiger partial charge in [0.1, 0.15) is 5.75 Å². The number of hydrogen-bond acceptors (Lipinski definition) is 3. The van der Waals surface area contributed by atoms with Crippen LogP contribution in [-0.4, -0.2) is 34.7 Å². The zero-order chi connectivity index (χ0) is 16.0. The number of hydrogen-bond donors (Lipinski definition) is 1. The summed E-state index contributed by atoms with van der Waals surface area (Å²) in [7, 11) is 0. The number of carboxylic acids is 1. The lowest BCUT2D eigenvalue weighted by molar-refractivity contribution is -0.137. The average Bonchev–Trinajstić information content (AvgIpc) is 2.34. The summed E-state index contributed by atoms with van der Waals surface area (Å²) in [6, 6.07) is 6.38. The Bertz CT molecular complexity index is 455. The van der Waals surface area contributed by atoms with Gasteiger partial charge in [0.15, 0.2) is 0 Å². The molecular weight excluding hydrogens is 280 g/mol. The lowest BCUT2D eigenvalue weighted by Crippen LogP contribution is -2.41. The Morgan fingerprint density at radius 2 is 1.86 bits per heavy atom. The number of carboxylic acid groups (broad SMARTS) is 1. The first-order valence-electron chi connectivity index (χ1n) is 6.69. The van der Waals surface area contributed by atoms with Crippen LogP contribution in [0.2, 0.25) is 0 Å². The zero-order valence-corrected chi connectivity index (χ0v) is 12.5. The Morgan fingerprint density at radius 1 is 1.29 bits per heavy atom. The molecule has 4 nitrogen and oxygen atoms in total. The van der Waals surface area contributed by atoms with Crippen LogP contribution in [0.15, 0.2) is 24.3 Å². The molecule has 0 bridgehead atoms. The van der Waals surface area contributed by atoms with E-state index in [1.165, 1.54) is 12.1 Å². The van der Waals surface area contributed by atoms with E-state index < -0.39 is 12.6 Å². The Labute approximate surface area is 123 Å². The number of ether oxygens (including phenoxy) is 1. The van der Waals surface area contributed by atoms with Gasteiger partial charge in [0.25, 0.3) is 0 Å². The molecule has 0 aliphatic heterocycles. The van der Waals surface area contributed by atoms with Crippen LogP contribution in [0, 0.1) is 0 Å². The molecule has 0 spiro atoms. The van der Waals surface area contributed by atoms with Gasteiger partial charge in [0.05, 0.1) is 6.42 Å². The Hall–Kier alpha value is -1.69. The lowest BCUT2D eigenvalue weighted by atomic mass is 10.0. The summed E-state index contributed by atoms with van der Waals surface area (Å²) in [4.78, 5) is 12.7. The minimum Gasteiger partial charge on any atom is -0.481 e. The molecule has 0 aromatic heterocycles. The summed E-state index contributed by atoms with van der Waals surface area (Å²) in [5, 5.41) is 8.80. The summed E-state index contributed by atoms with van der Waals surface area (Å²) in [6.07, 6.45) is 0.0594. The highest BCUT2D eigenvalue weighted by atomic mass is 19.3. The molecule has 0 atom stereocenters. The monoisotopic (exact) mass is 301 g/mol. The molecule has 0 heterocycles. The summed E-state index contributed by atoms with van der Waals surface area (Å²) in [6.45, 7) is 4.15. The second-order valence-corrected chi connectivity index (χ2v) is 5.76. The molecule has 1 aromatic carbocycles. The highest BCUT2D eigenvalue weighted by molar-refractivity contribution is 5.66. The van der Waals surface area contributed by atoms with Gasteiger partial charge in [0.2, 0.25) is 0 Å². The summed E-state index contributed by atoms with van der Waals surface area (Å²) >= 11 is 0. The second kappa shape index (κ2) is 7.36. The molecule has 0 fully saturated rings. The highest BCUT2D eigenvalue weighted by Crippen LogP contribution is 2.20. The van der Waals surface area contributed by atoms with Crippen LogP contribution in [0.1, 0.15) is 32.8 Å². The van der Waals surface area contributed by atoms with Gasteiger partial charge in [-0.1, -0.05) is 12.1 Å². The number of rotatable bonds is 7. The Morgan fingerprint density at radius 3 is 2.29 bits per heavy atom. The predicted molar refractivity (Wildman–Crippen MR) is 75.5 cm³/mol. The number of benzene rings is 1. The maximum absolute atomic E-state index is 12.1. The third kappa shape index (κ3) is 6.53. The van der Waals surface area contributed by atoms with Gasteiger partial charge in [-0.2, -0.15) is 8.78 Å². The maximum Gasteiger partial charge on any atom is 0.387 e. The molecule has 0 saturated carbocycles. The van der Waals surface area contributed by atoms with E-state index in [1.54, 1.807) is 12.1 Å². The summed E-state index contributed by atoms with van der Waals surface area (Å²) in [5.41, 5.74) is 0.727. The van der Waals surface area contributed by atoms with E-state index in [1.807, 2.05) is 25.7 Å². The van der Waals surface area contributed by atoms with Crippen LogP contribution in [0.25, 0.3) is 0 Å². The minimum absolute atomic E-state index is 0.0594. The number of halogens is 2. The first-order valence-corrected chi connectivity index (χ1v) is 6.69. The zero-order valence-electron chi connectivity index (χ0n) is 12.5. The van der Waals surface area contributed by atoms with E-state index in [0.717, 1.165) is 5.56 Å². The molecule has 1 aromatic rings. The van der Waals surface area contributed by atoms with Gasteiger partial charge in [-0.05, 0) is 38.5 Å². The van der Waals surface area contributed by atoms with Crippen molar-refractivity contribution in [3.05, 3.63) is 29.8 Å². The quantitative estimate of drug-likeness (QED) is 0.839. The predicted octanol–water partition coefficient (Wildman–Crippen LogP) is 3.36. The van der Waals surface area contributed by atoms with E-state index in [2.05, 4.69) is 4.74 Å². The molecule has 0 amide bonds. The molecule has 0 aliphatic carbocycles. The third-order valence-corrected chi connectivity index (χ3v) is 3.07. The lowest BCUT2D eigenvalue weighted by Gasteiger charge is -2.35. The van der Waals surface area contributed by atoms with E-state index >= 15 is 0 Å². The fourth-order valence-corrected chi connectivity index (χ4v) is 1.88. The van der Waals surface area contributed by atoms with Gasteiger partial charge in [-0.3, -0.25) is 9.69 Å². The van der Waals surface area contributed by atoms with Crippen molar-refractivity contribution >= 4 is 5.97 Å². The SMILES string of the molecule is CC(C)(C)N(CCC(=O)O)Cc1ccc(OC(F)F)cc1. The molecular formula is C15H21F2NO3. The van der Waals surface area contributed by atoms with Crippen molar-refractivity contribution in [2.75, 3.05) is 6.54 Å². The number of nitrogens with zero attached hydrogens (tertiary/aromatic N) is 1. The standard InChI is InChI=1S/C15H21F2NO3/c1-15(2,3)18(9-8-13(19)20)10-11-4-6-12(7-5-11)21-14(16)17/h4-7,14H,8-10H2,1-3H3,(H,19,20). The highest BCUT2D eigenvalue weighted by Gasteiger charge is 2.22. The Balaban J connectivity index is 2.72. The first kappa shape index (κ1) is 17.4. The van der Waals surface area contributed by atoms with Crippen molar-refractivity contribution < 1.29 is 23.4 Å². The van der Waals surface area contributed by atoms with Crippen molar-refractivity contribution in [2.45, 2.75) is 45.9 Å². The molecule has 118 valence electrons. The van der Waals surface area contributed by atoms with Crippen molar-refractivity contribution in [2.24, 2.45) is 0 Å². The number of carbonyl (C=O) groups is 1. The van der Waals surface area contributed by atoms with Crippen LogP contribution in [0.5, 0.6) is 5.75 Å². The first-order chi connectivity index (χ1) is 9.68. The maximum atomic E-state index is 12.1. The minimum atomic E-state index is -2.84. The average molecular weight is 301 g/mol. The molecule has 0 unspecified atom stereocenters. The third-order valence-electron chi connectivity index (χ3n) is 3.07. The van der Waals surface area contributed by atoms with Crippen molar-refractivity contribution in [3.63, 3.8) is 0 Å². The van der Waals surface area contributed by atoms with E-state index in [0.29, 0.717) is 13.1 Å². The second-order valence-electron chi connectivity index (χ2n) is 5.76. The van der Waals surface area contributed by atoms with Crippen LogP contribution >= 0.6 is 0 Å². The molecule has 0 radical (unpaired) electrons. The normalized spacial score (nSPS) is 12.0. The molecule has 21 heavy (non-hydrogen) atoms. The largest absolute Gasteiger partial charge is 0.481 e. The number of alkyl halides is 2. The van der Waals surface area contributed by atoms with E-state index in [4.69, 9.17) is 5.11 Å². The molecule has 6 heteroatoms. The van der Waals surface area contributed by atoms with Crippen LogP contribution in [-0.2, 0) is 11.3 Å². The Kier molecular flexibility index (Phi) is 6.08. The molecule has 1 rings (SSSR count). The van der Waals surface area contributed by atoms with Crippen LogP contribution in [0.3, 0.4) is 0 Å². The number of aliphatic carboxylic acids is 1. The van der Waals surface area contributed by atoms with Gasteiger partial charge in [-0.25, -0.2) is 0 Å². The fourth-order valence-electron chi connectivity index (χ4n) is 1.88. The van der Waals surface area contributed by atoms with Crippen molar-refractivity contribution in [1.82, 2.24) is 4.90 Å².